The summed E-state index contributed by atoms with van der Waals surface area (Å²) < 4.78 is 0. The molecule has 0 saturated carbocycles. The van der Waals surface area contributed by atoms with Crippen molar-refractivity contribution in [3.8, 4) is 0 Å². The first-order valence-corrected chi connectivity index (χ1v) is 8.29. The van der Waals surface area contributed by atoms with Crippen LogP contribution in [0, 0.1) is 5.92 Å². The number of rotatable bonds is 5. The zero-order valence-electron chi connectivity index (χ0n) is 13.8. The van der Waals surface area contributed by atoms with Crippen molar-refractivity contribution in [3.63, 3.8) is 0 Å². The van der Waals surface area contributed by atoms with Gasteiger partial charge in [0.15, 0.2) is 0 Å². The van der Waals surface area contributed by atoms with E-state index in [4.69, 9.17) is 0 Å². The Morgan fingerprint density at radius 1 is 1.33 bits per heavy atom. The molecule has 0 bridgehead atoms. The summed E-state index contributed by atoms with van der Waals surface area (Å²) in [7, 11) is 0. The third-order valence-corrected chi connectivity index (χ3v) is 5.02. The number of likely N-dealkylation sites (tertiary alicyclic amines) is 1. The van der Waals surface area contributed by atoms with Crippen LogP contribution < -0.4 is 10.6 Å². The SMILES string of the molecule is CCC1CCCN(C(C)(C)CNC(=O)[C@@H]2CCCN2)C1.Cl. The highest BCUT2D eigenvalue weighted by atomic mass is 35.5. The van der Waals surface area contributed by atoms with Crippen LogP contribution in [0.4, 0.5) is 0 Å². The van der Waals surface area contributed by atoms with Gasteiger partial charge >= 0.3 is 0 Å². The van der Waals surface area contributed by atoms with Crippen molar-refractivity contribution in [3.05, 3.63) is 0 Å². The highest BCUT2D eigenvalue weighted by molar-refractivity contribution is 5.85. The van der Waals surface area contributed by atoms with E-state index in [1.807, 2.05) is 0 Å². The molecule has 2 atom stereocenters. The van der Waals surface area contributed by atoms with Gasteiger partial charge in [-0.15, -0.1) is 12.4 Å². The van der Waals surface area contributed by atoms with E-state index in [0.29, 0.717) is 0 Å². The van der Waals surface area contributed by atoms with Gasteiger partial charge in [-0.25, -0.2) is 0 Å². The lowest BCUT2D eigenvalue weighted by Gasteiger charge is -2.43. The van der Waals surface area contributed by atoms with Crippen molar-refractivity contribution in [2.45, 2.75) is 64.5 Å². The first kappa shape index (κ1) is 18.7. The summed E-state index contributed by atoms with van der Waals surface area (Å²) in [5.74, 6) is 1.01. The number of nitrogens with zero attached hydrogens (tertiary/aromatic N) is 1. The predicted molar refractivity (Wildman–Crippen MR) is 89.9 cm³/mol. The fraction of sp³-hybridized carbons (Fsp3) is 0.938. The molecule has 0 aromatic rings. The van der Waals surface area contributed by atoms with Gasteiger partial charge in [-0.1, -0.05) is 13.3 Å². The van der Waals surface area contributed by atoms with E-state index in [2.05, 4.69) is 36.3 Å². The molecule has 1 unspecified atom stereocenters. The average molecular weight is 318 g/mol. The Morgan fingerprint density at radius 3 is 2.71 bits per heavy atom. The van der Waals surface area contributed by atoms with Gasteiger partial charge in [0.1, 0.15) is 0 Å². The molecule has 2 saturated heterocycles. The molecule has 2 rings (SSSR count). The summed E-state index contributed by atoms with van der Waals surface area (Å²) in [6.45, 7) is 10.9. The number of hydrogen-bond acceptors (Lipinski definition) is 3. The Hall–Kier alpha value is -0.320. The number of hydrogen-bond donors (Lipinski definition) is 2. The van der Waals surface area contributed by atoms with E-state index >= 15 is 0 Å². The lowest BCUT2D eigenvalue weighted by molar-refractivity contribution is -0.123. The monoisotopic (exact) mass is 317 g/mol. The molecule has 2 N–H and O–H groups in total. The molecular formula is C16H32ClN3O. The second-order valence-corrected chi connectivity index (χ2v) is 7.04. The van der Waals surface area contributed by atoms with E-state index in [9.17, 15) is 4.79 Å². The summed E-state index contributed by atoms with van der Waals surface area (Å²) in [5, 5.41) is 6.41. The minimum atomic E-state index is 0. The van der Waals surface area contributed by atoms with Crippen LogP contribution in [0.2, 0.25) is 0 Å². The van der Waals surface area contributed by atoms with Gasteiger partial charge in [0, 0.05) is 18.6 Å². The number of carbonyl (C=O) groups excluding carboxylic acids is 1. The lowest BCUT2D eigenvalue weighted by atomic mass is 9.91. The molecule has 2 aliphatic rings. The zero-order valence-corrected chi connectivity index (χ0v) is 14.6. The normalized spacial score (nSPS) is 27.2. The second kappa shape index (κ2) is 8.35. The minimum absolute atomic E-state index is 0. The highest BCUT2D eigenvalue weighted by Crippen LogP contribution is 2.25. The van der Waals surface area contributed by atoms with Crippen molar-refractivity contribution in [1.82, 2.24) is 15.5 Å². The Labute approximate surface area is 135 Å². The summed E-state index contributed by atoms with van der Waals surface area (Å²) >= 11 is 0. The van der Waals surface area contributed by atoms with Crippen molar-refractivity contribution in [2.24, 2.45) is 5.92 Å². The molecule has 1 amide bonds. The smallest absolute Gasteiger partial charge is 0.237 e. The summed E-state index contributed by atoms with van der Waals surface area (Å²) in [6.07, 6.45) is 6.02. The molecule has 2 heterocycles. The van der Waals surface area contributed by atoms with Crippen LogP contribution >= 0.6 is 12.4 Å². The molecule has 0 aromatic carbocycles. The largest absolute Gasteiger partial charge is 0.353 e. The van der Waals surface area contributed by atoms with Crippen LogP contribution in [0.25, 0.3) is 0 Å². The van der Waals surface area contributed by atoms with Gasteiger partial charge < -0.3 is 10.6 Å². The molecule has 124 valence electrons. The van der Waals surface area contributed by atoms with Crippen LogP contribution in [0.3, 0.4) is 0 Å². The van der Waals surface area contributed by atoms with Gasteiger partial charge in [0.25, 0.3) is 0 Å². The van der Waals surface area contributed by atoms with Crippen molar-refractivity contribution in [1.29, 1.82) is 0 Å². The maximum absolute atomic E-state index is 12.1. The molecule has 5 heteroatoms. The fourth-order valence-electron chi connectivity index (χ4n) is 3.39. The third-order valence-electron chi connectivity index (χ3n) is 5.02. The summed E-state index contributed by atoms with van der Waals surface area (Å²) in [6, 6.07) is 0.0375. The van der Waals surface area contributed by atoms with Crippen LogP contribution in [0.5, 0.6) is 0 Å². The standard InChI is InChI=1S/C16H31N3O.ClH/c1-4-13-7-6-10-19(11-13)16(2,3)12-18-15(20)14-8-5-9-17-14;/h13-14,17H,4-12H2,1-3H3,(H,18,20);1H/t13?,14-;/m0./s1. The third kappa shape index (κ3) is 5.11. The van der Waals surface area contributed by atoms with Crippen molar-refractivity contribution in [2.75, 3.05) is 26.2 Å². The fourth-order valence-corrected chi connectivity index (χ4v) is 3.39. The molecule has 4 nitrogen and oxygen atoms in total. The van der Waals surface area contributed by atoms with E-state index in [1.54, 1.807) is 0 Å². The average Bonchev–Trinajstić information content (AvgIpc) is 2.99. The van der Waals surface area contributed by atoms with Gasteiger partial charge in [-0.3, -0.25) is 9.69 Å². The van der Waals surface area contributed by atoms with Crippen LogP contribution in [0.15, 0.2) is 0 Å². The first-order valence-electron chi connectivity index (χ1n) is 8.29. The number of piperidine rings is 1. The zero-order chi connectivity index (χ0) is 14.6. The van der Waals surface area contributed by atoms with Gasteiger partial charge in [-0.2, -0.15) is 0 Å². The van der Waals surface area contributed by atoms with Gasteiger partial charge in [-0.05, 0) is 58.5 Å². The number of halogens is 1. The van der Waals surface area contributed by atoms with Crippen molar-refractivity contribution >= 4 is 18.3 Å². The quantitative estimate of drug-likeness (QED) is 0.817. The maximum Gasteiger partial charge on any atom is 0.237 e. The van der Waals surface area contributed by atoms with E-state index in [0.717, 1.165) is 31.8 Å². The van der Waals surface area contributed by atoms with E-state index in [1.165, 1.54) is 32.4 Å². The summed E-state index contributed by atoms with van der Waals surface area (Å²) in [5.41, 5.74) is 0.0576. The number of amides is 1. The Bertz CT molecular complexity index is 329. The Kier molecular flexibility index (Phi) is 7.45. The molecule has 0 aromatic heterocycles. The molecule has 2 fully saturated rings. The first-order chi connectivity index (χ1) is 9.53. The Morgan fingerprint density at radius 2 is 2.10 bits per heavy atom. The topological polar surface area (TPSA) is 44.4 Å². The molecule has 0 spiro atoms. The number of carbonyl (C=O) groups is 1. The van der Waals surface area contributed by atoms with E-state index in [-0.39, 0.29) is 29.9 Å². The molecule has 0 aliphatic carbocycles. The second-order valence-electron chi connectivity index (χ2n) is 7.04. The molecular weight excluding hydrogens is 286 g/mol. The maximum atomic E-state index is 12.1. The molecule has 21 heavy (non-hydrogen) atoms. The molecule has 2 aliphatic heterocycles. The van der Waals surface area contributed by atoms with Gasteiger partial charge in [0.2, 0.25) is 5.91 Å². The van der Waals surface area contributed by atoms with E-state index < -0.39 is 0 Å². The van der Waals surface area contributed by atoms with Gasteiger partial charge in [0.05, 0.1) is 6.04 Å². The molecule has 0 radical (unpaired) electrons. The van der Waals surface area contributed by atoms with Crippen molar-refractivity contribution < 1.29 is 4.79 Å². The number of nitrogens with one attached hydrogen (secondary N) is 2. The minimum Gasteiger partial charge on any atom is -0.353 e. The highest BCUT2D eigenvalue weighted by Gasteiger charge is 2.32. The lowest BCUT2D eigenvalue weighted by Crippen LogP contribution is -2.56. The van der Waals surface area contributed by atoms with Crippen LogP contribution in [-0.4, -0.2) is 48.6 Å². The Balaban J connectivity index is 0.00000220. The van der Waals surface area contributed by atoms with Crippen LogP contribution in [-0.2, 0) is 4.79 Å². The predicted octanol–water partition coefficient (Wildman–Crippen LogP) is 2.18. The van der Waals surface area contributed by atoms with Crippen LogP contribution in [0.1, 0.15) is 52.9 Å². The summed E-state index contributed by atoms with van der Waals surface area (Å²) in [4.78, 5) is 14.7.